The minimum atomic E-state index is -0.432. The molecule has 8 heteroatoms. The number of rotatable bonds is 7. The van der Waals surface area contributed by atoms with Crippen molar-refractivity contribution < 1.29 is 9.59 Å². The van der Waals surface area contributed by atoms with Crippen LogP contribution in [0.4, 0.5) is 5.69 Å². The summed E-state index contributed by atoms with van der Waals surface area (Å²) in [4.78, 5) is 26.3. The predicted octanol–water partition coefficient (Wildman–Crippen LogP) is 2.82. The third kappa shape index (κ3) is 4.91. The molecule has 0 saturated heterocycles. The standard InChI is InChI=1S/C23H28N6O2/c1-14(25)21-20(13-29(2)28-21)27-23(31)18-6-4-3-5-17(18)22(30)16-9-7-15(8-10-16)19(26)11-12-24/h7-13,17-18,26H,1,3-6,24-25H2,2H3,(H,27,31)/b12-11-,26-19?. The van der Waals surface area contributed by atoms with E-state index >= 15 is 0 Å². The van der Waals surface area contributed by atoms with Crippen molar-refractivity contribution in [3.63, 3.8) is 0 Å². The van der Waals surface area contributed by atoms with Crippen LogP contribution in [0.15, 0.2) is 49.3 Å². The summed E-state index contributed by atoms with van der Waals surface area (Å²) in [6.45, 7) is 3.70. The molecule has 0 aliphatic heterocycles. The van der Waals surface area contributed by atoms with Gasteiger partial charge in [-0.25, -0.2) is 0 Å². The quantitative estimate of drug-likeness (QED) is 0.403. The number of aromatic nitrogens is 2. The molecule has 31 heavy (non-hydrogen) atoms. The Labute approximate surface area is 181 Å². The molecule has 1 heterocycles. The van der Waals surface area contributed by atoms with Crippen molar-refractivity contribution in [2.75, 3.05) is 5.32 Å². The van der Waals surface area contributed by atoms with Gasteiger partial charge in [0.05, 0.1) is 17.1 Å². The topological polar surface area (TPSA) is 140 Å². The minimum Gasteiger partial charge on any atom is -0.405 e. The highest BCUT2D eigenvalue weighted by Gasteiger charge is 2.36. The smallest absolute Gasteiger partial charge is 0.228 e. The van der Waals surface area contributed by atoms with Gasteiger partial charge in [-0.15, -0.1) is 0 Å². The number of nitrogens with one attached hydrogen (secondary N) is 2. The zero-order chi connectivity index (χ0) is 22.5. The lowest BCUT2D eigenvalue weighted by Crippen LogP contribution is -2.36. The third-order valence-corrected chi connectivity index (χ3v) is 5.57. The maximum atomic E-state index is 13.2. The molecule has 6 N–H and O–H groups in total. The molecule has 1 amide bonds. The molecule has 162 valence electrons. The van der Waals surface area contributed by atoms with Gasteiger partial charge < -0.3 is 22.2 Å². The van der Waals surface area contributed by atoms with Crippen LogP contribution in [0.25, 0.3) is 5.70 Å². The molecule has 2 unspecified atom stereocenters. The fourth-order valence-corrected chi connectivity index (χ4v) is 4.02. The number of Topliss-reactive ketones (excluding diaryl/α,β-unsaturated/α-hetero) is 1. The molecule has 3 rings (SSSR count). The first-order chi connectivity index (χ1) is 14.8. The van der Waals surface area contributed by atoms with Gasteiger partial charge in [0.2, 0.25) is 5.91 Å². The van der Waals surface area contributed by atoms with Crippen molar-refractivity contribution in [3.8, 4) is 0 Å². The van der Waals surface area contributed by atoms with Crippen molar-refractivity contribution in [1.82, 2.24) is 9.78 Å². The Morgan fingerprint density at radius 1 is 1.19 bits per heavy atom. The number of hydrogen-bond donors (Lipinski definition) is 4. The van der Waals surface area contributed by atoms with Gasteiger partial charge in [-0.2, -0.15) is 5.10 Å². The summed E-state index contributed by atoms with van der Waals surface area (Å²) in [7, 11) is 1.74. The predicted molar refractivity (Wildman–Crippen MR) is 121 cm³/mol. The fourth-order valence-electron chi connectivity index (χ4n) is 4.02. The molecule has 0 spiro atoms. The number of benzene rings is 1. The lowest BCUT2D eigenvalue weighted by atomic mass is 9.75. The van der Waals surface area contributed by atoms with E-state index in [0.29, 0.717) is 35.3 Å². The Balaban J connectivity index is 1.78. The average Bonchev–Trinajstić information content (AvgIpc) is 3.13. The van der Waals surface area contributed by atoms with Crippen LogP contribution in [0.3, 0.4) is 0 Å². The van der Waals surface area contributed by atoms with Crippen LogP contribution in [0.5, 0.6) is 0 Å². The first-order valence-corrected chi connectivity index (χ1v) is 10.2. The molecule has 0 bridgehead atoms. The Morgan fingerprint density at radius 3 is 2.42 bits per heavy atom. The van der Waals surface area contributed by atoms with Gasteiger partial charge in [0.25, 0.3) is 0 Å². The third-order valence-electron chi connectivity index (χ3n) is 5.57. The second-order valence-electron chi connectivity index (χ2n) is 7.79. The highest BCUT2D eigenvalue weighted by Crippen LogP contribution is 2.34. The normalized spacial score (nSPS) is 18.6. The molecule has 1 fully saturated rings. The van der Waals surface area contributed by atoms with E-state index in [-0.39, 0.29) is 23.1 Å². The summed E-state index contributed by atoms with van der Waals surface area (Å²) in [6.07, 6.45) is 7.57. The Hall–Kier alpha value is -3.68. The van der Waals surface area contributed by atoms with E-state index in [1.807, 2.05) is 0 Å². The van der Waals surface area contributed by atoms with E-state index in [0.717, 1.165) is 12.8 Å². The molecule has 1 aliphatic rings. The zero-order valence-electron chi connectivity index (χ0n) is 17.6. The van der Waals surface area contributed by atoms with Crippen LogP contribution in [0.2, 0.25) is 0 Å². The summed E-state index contributed by atoms with van der Waals surface area (Å²) < 4.78 is 1.56. The number of anilines is 1. The highest BCUT2D eigenvalue weighted by atomic mass is 16.2. The Morgan fingerprint density at radius 2 is 1.81 bits per heavy atom. The zero-order valence-corrected chi connectivity index (χ0v) is 17.6. The first-order valence-electron chi connectivity index (χ1n) is 10.2. The molecule has 0 radical (unpaired) electrons. The SMILES string of the molecule is C=C(N)c1nn(C)cc1NC(=O)C1CCCCC1C(=O)c1ccc(C(=N)/C=C\N)cc1. The maximum absolute atomic E-state index is 13.2. The lowest BCUT2D eigenvalue weighted by Gasteiger charge is -2.29. The Kier molecular flexibility index (Phi) is 6.69. The summed E-state index contributed by atoms with van der Waals surface area (Å²) in [5, 5.41) is 15.0. The van der Waals surface area contributed by atoms with Gasteiger partial charge in [-0.1, -0.05) is 43.7 Å². The molecular formula is C23H28N6O2. The number of nitrogens with two attached hydrogens (primary N) is 2. The fraction of sp³-hybridized carbons (Fsp3) is 0.304. The van der Waals surface area contributed by atoms with E-state index in [9.17, 15) is 9.59 Å². The number of allylic oxidation sites excluding steroid dienone is 1. The number of aryl methyl sites for hydroxylation is 1. The van der Waals surface area contributed by atoms with Gasteiger partial charge in [0, 0.05) is 30.6 Å². The van der Waals surface area contributed by atoms with Crippen molar-refractivity contribution in [2.45, 2.75) is 25.7 Å². The Bertz CT molecular complexity index is 1030. The highest BCUT2D eigenvalue weighted by molar-refractivity contribution is 6.08. The first kappa shape index (κ1) is 22.0. The van der Waals surface area contributed by atoms with Crippen LogP contribution >= 0.6 is 0 Å². The summed E-state index contributed by atoms with van der Waals surface area (Å²) in [5.74, 6) is -1.09. The number of amides is 1. The molecule has 1 aliphatic carbocycles. The monoisotopic (exact) mass is 420 g/mol. The molecule has 2 aromatic rings. The number of nitrogens with zero attached hydrogens (tertiary/aromatic N) is 2. The number of carbonyl (C=O) groups is 2. The van der Waals surface area contributed by atoms with Gasteiger partial charge in [0.1, 0.15) is 5.69 Å². The lowest BCUT2D eigenvalue weighted by molar-refractivity contribution is -0.122. The van der Waals surface area contributed by atoms with Crippen LogP contribution < -0.4 is 16.8 Å². The van der Waals surface area contributed by atoms with E-state index in [4.69, 9.17) is 16.9 Å². The molecule has 1 aromatic carbocycles. The summed E-state index contributed by atoms with van der Waals surface area (Å²) in [6, 6.07) is 6.86. The average molecular weight is 421 g/mol. The largest absolute Gasteiger partial charge is 0.405 e. The summed E-state index contributed by atoms with van der Waals surface area (Å²) in [5.41, 5.74) is 13.8. The van der Waals surface area contributed by atoms with Gasteiger partial charge in [-0.05, 0) is 30.7 Å². The number of ketones is 1. The summed E-state index contributed by atoms with van der Waals surface area (Å²) >= 11 is 0. The number of carbonyl (C=O) groups excluding carboxylic acids is 2. The van der Waals surface area contributed by atoms with E-state index < -0.39 is 11.8 Å². The van der Waals surface area contributed by atoms with Crippen molar-refractivity contribution >= 4 is 28.8 Å². The van der Waals surface area contributed by atoms with E-state index in [2.05, 4.69) is 17.0 Å². The van der Waals surface area contributed by atoms with E-state index in [1.165, 1.54) is 12.3 Å². The van der Waals surface area contributed by atoms with E-state index in [1.54, 1.807) is 42.2 Å². The molecule has 1 saturated carbocycles. The van der Waals surface area contributed by atoms with Gasteiger partial charge in [0.15, 0.2) is 5.78 Å². The van der Waals surface area contributed by atoms with Crippen LogP contribution in [-0.4, -0.2) is 27.2 Å². The van der Waals surface area contributed by atoms with Crippen LogP contribution in [0.1, 0.15) is 47.3 Å². The van der Waals surface area contributed by atoms with Gasteiger partial charge >= 0.3 is 0 Å². The van der Waals surface area contributed by atoms with Gasteiger partial charge in [-0.3, -0.25) is 14.3 Å². The molecular weight excluding hydrogens is 392 g/mol. The van der Waals surface area contributed by atoms with Crippen LogP contribution in [-0.2, 0) is 11.8 Å². The van der Waals surface area contributed by atoms with Crippen molar-refractivity contribution in [2.24, 2.45) is 30.4 Å². The van der Waals surface area contributed by atoms with Crippen molar-refractivity contribution in [3.05, 3.63) is 66.1 Å². The minimum absolute atomic E-state index is 0.0538. The maximum Gasteiger partial charge on any atom is 0.228 e. The van der Waals surface area contributed by atoms with Crippen LogP contribution in [0, 0.1) is 17.2 Å². The second-order valence-corrected chi connectivity index (χ2v) is 7.79. The van der Waals surface area contributed by atoms with Crippen molar-refractivity contribution in [1.29, 1.82) is 5.41 Å². The molecule has 1 aromatic heterocycles. The molecule has 2 atom stereocenters. The number of hydrogen-bond acceptors (Lipinski definition) is 6. The second kappa shape index (κ2) is 9.42. The molecule has 8 nitrogen and oxygen atoms in total.